The summed E-state index contributed by atoms with van der Waals surface area (Å²) in [4.78, 5) is 11.8. The summed E-state index contributed by atoms with van der Waals surface area (Å²) in [6.07, 6.45) is 5.50. The normalized spacial score (nSPS) is 17.2. The average Bonchev–Trinajstić information content (AvgIpc) is 2.46. The van der Waals surface area contributed by atoms with E-state index < -0.39 is 0 Å². The Hall–Kier alpha value is -1.09. The van der Waals surface area contributed by atoms with E-state index in [9.17, 15) is 0 Å². The molecule has 1 fully saturated rings. The van der Waals surface area contributed by atoms with Crippen LogP contribution < -0.4 is 0 Å². The van der Waals surface area contributed by atoms with Gasteiger partial charge in [-0.15, -0.1) is 0 Å². The second-order valence-corrected chi connectivity index (χ2v) is 4.11. The van der Waals surface area contributed by atoms with Gasteiger partial charge in [0.2, 0.25) is 0 Å². The molecule has 3 rings (SSSR count). The van der Waals surface area contributed by atoms with Crippen molar-refractivity contribution in [1.82, 2.24) is 15.0 Å². The summed E-state index contributed by atoms with van der Waals surface area (Å²) in [5, 5.41) is 0.490. The number of aromatic amines is 1. The second kappa shape index (κ2) is 2.95. The summed E-state index contributed by atoms with van der Waals surface area (Å²) in [6, 6.07) is 1.91. The van der Waals surface area contributed by atoms with E-state index in [0.29, 0.717) is 11.1 Å². The zero-order chi connectivity index (χ0) is 9.54. The summed E-state index contributed by atoms with van der Waals surface area (Å²) >= 11 is 5.94. The van der Waals surface area contributed by atoms with E-state index >= 15 is 0 Å². The van der Waals surface area contributed by atoms with E-state index in [4.69, 9.17) is 11.6 Å². The Kier molecular flexibility index (Phi) is 1.74. The smallest absolute Gasteiger partial charge is 0.156 e. The first-order chi connectivity index (χ1) is 6.84. The number of rotatable bonds is 1. The fourth-order valence-electron chi connectivity index (χ4n) is 1.80. The molecule has 2 aromatic rings. The van der Waals surface area contributed by atoms with Crippen molar-refractivity contribution in [2.75, 3.05) is 0 Å². The van der Waals surface area contributed by atoms with Crippen molar-refractivity contribution in [2.45, 2.75) is 25.2 Å². The molecule has 0 spiro atoms. The predicted octanol–water partition coefficient (Wildman–Crippen LogP) is 2.88. The molecule has 1 aliphatic rings. The van der Waals surface area contributed by atoms with E-state index in [-0.39, 0.29) is 0 Å². The quantitative estimate of drug-likeness (QED) is 0.731. The highest BCUT2D eigenvalue weighted by Crippen LogP contribution is 2.35. The number of aromatic nitrogens is 3. The lowest BCUT2D eigenvalue weighted by Gasteiger charge is -2.22. The summed E-state index contributed by atoms with van der Waals surface area (Å²) in [7, 11) is 0. The Bertz CT molecular complexity index is 473. The van der Waals surface area contributed by atoms with E-state index in [1.807, 2.05) is 6.07 Å². The molecule has 0 unspecified atom stereocenters. The molecule has 1 aliphatic carbocycles. The van der Waals surface area contributed by atoms with Crippen LogP contribution in [0.1, 0.15) is 31.0 Å². The lowest BCUT2D eigenvalue weighted by atomic mass is 9.85. The molecule has 14 heavy (non-hydrogen) atoms. The maximum absolute atomic E-state index is 5.94. The third-order valence-electron chi connectivity index (χ3n) is 2.87. The van der Waals surface area contributed by atoms with Gasteiger partial charge >= 0.3 is 0 Å². The Balaban J connectivity index is 2.15. The summed E-state index contributed by atoms with van der Waals surface area (Å²) in [5.41, 5.74) is 1.79. The van der Waals surface area contributed by atoms with Crippen LogP contribution in [0.5, 0.6) is 0 Å². The Morgan fingerprint density at radius 3 is 2.93 bits per heavy atom. The van der Waals surface area contributed by atoms with Crippen LogP contribution in [0.2, 0.25) is 5.15 Å². The number of halogens is 1. The Morgan fingerprint density at radius 1 is 1.43 bits per heavy atom. The van der Waals surface area contributed by atoms with Crippen LogP contribution >= 0.6 is 11.6 Å². The summed E-state index contributed by atoms with van der Waals surface area (Å²) < 4.78 is 0. The van der Waals surface area contributed by atoms with Gasteiger partial charge in [0, 0.05) is 12.1 Å². The third-order valence-corrected chi connectivity index (χ3v) is 3.14. The summed E-state index contributed by atoms with van der Waals surface area (Å²) in [6.45, 7) is 0. The number of fused-ring (bicyclic) bond motifs is 1. The number of pyridine rings is 1. The minimum absolute atomic E-state index is 0.490. The zero-order valence-corrected chi connectivity index (χ0v) is 8.38. The number of H-pyrrole nitrogens is 1. The Morgan fingerprint density at radius 2 is 2.29 bits per heavy atom. The van der Waals surface area contributed by atoms with Gasteiger partial charge in [0.15, 0.2) is 5.15 Å². The molecule has 3 nitrogen and oxygen atoms in total. The molecule has 0 saturated heterocycles. The van der Waals surface area contributed by atoms with Gasteiger partial charge in [0.25, 0.3) is 0 Å². The lowest BCUT2D eigenvalue weighted by molar-refractivity contribution is 0.405. The molecule has 0 aliphatic heterocycles. The molecule has 1 N–H and O–H groups in total. The molecule has 1 saturated carbocycles. The largest absolute Gasteiger partial charge is 0.342 e. The van der Waals surface area contributed by atoms with E-state index in [1.165, 1.54) is 19.3 Å². The van der Waals surface area contributed by atoms with Gasteiger partial charge in [-0.2, -0.15) is 0 Å². The monoisotopic (exact) mass is 207 g/mol. The van der Waals surface area contributed by atoms with Crippen LogP contribution in [0.4, 0.5) is 0 Å². The minimum atomic E-state index is 0.490. The van der Waals surface area contributed by atoms with Gasteiger partial charge in [0.05, 0.1) is 5.52 Å². The van der Waals surface area contributed by atoms with Crippen molar-refractivity contribution < 1.29 is 0 Å². The van der Waals surface area contributed by atoms with Crippen molar-refractivity contribution in [3.05, 3.63) is 23.2 Å². The van der Waals surface area contributed by atoms with Crippen LogP contribution in [0.15, 0.2) is 12.3 Å². The highest BCUT2D eigenvalue weighted by Gasteiger charge is 2.23. The minimum Gasteiger partial charge on any atom is -0.342 e. The van der Waals surface area contributed by atoms with Crippen molar-refractivity contribution in [2.24, 2.45) is 0 Å². The number of hydrogen-bond donors (Lipinski definition) is 1. The van der Waals surface area contributed by atoms with Crippen molar-refractivity contribution in [3.63, 3.8) is 0 Å². The zero-order valence-electron chi connectivity index (χ0n) is 7.63. The maximum Gasteiger partial charge on any atom is 0.156 e. The van der Waals surface area contributed by atoms with Gasteiger partial charge in [-0.3, -0.25) is 0 Å². The number of nitrogens with zero attached hydrogens (tertiary/aromatic N) is 2. The lowest BCUT2D eigenvalue weighted by Crippen LogP contribution is -2.10. The predicted molar refractivity (Wildman–Crippen MR) is 55.5 cm³/mol. The molecule has 72 valence electrons. The van der Waals surface area contributed by atoms with E-state index in [1.54, 1.807) is 6.20 Å². The molecule has 0 atom stereocenters. The molecule has 2 heterocycles. The van der Waals surface area contributed by atoms with Crippen LogP contribution in [-0.2, 0) is 0 Å². The molecule has 4 heteroatoms. The van der Waals surface area contributed by atoms with Gasteiger partial charge in [-0.1, -0.05) is 18.0 Å². The van der Waals surface area contributed by atoms with Gasteiger partial charge in [-0.25, -0.2) is 9.97 Å². The van der Waals surface area contributed by atoms with E-state index in [2.05, 4.69) is 15.0 Å². The van der Waals surface area contributed by atoms with Gasteiger partial charge in [-0.05, 0) is 18.9 Å². The SMILES string of the molecule is Clc1nccc2[nH]c(C3CCC3)nc12. The number of nitrogens with one attached hydrogen (secondary N) is 1. The topological polar surface area (TPSA) is 41.6 Å². The molecular weight excluding hydrogens is 198 g/mol. The first kappa shape index (κ1) is 8.24. The standard InChI is InChI=1S/C10H10ClN3/c11-9-8-7(4-5-12-9)13-10(14-8)6-2-1-3-6/h4-6H,1-3H2,(H,13,14). The Labute approximate surface area is 86.5 Å². The molecule has 0 bridgehead atoms. The maximum atomic E-state index is 5.94. The first-order valence-electron chi connectivity index (χ1n) is 4.85. The number of hydrogen-bond acceptors (Lipinski definition) is 2. The van der Waals surface area contributed by atoms with Crippen LogP contribution in [-0.4, -0.2) is 15.0 Å². The number of imidazole rings is 1. The van der Waals surface area contributed by atoms with Gasteiger partial charge < -0.3 is 4.98 Å². The first-order valence-corrected chi connectivity index (χ1v) is 5.22. The fourth-order valence-corrected chi connectivity index (χ4v) is 2.00. The van der Waals surface area contributed by atoms with Crippen LogP contribution in [0.3, 0.4) is 0 Å². The second-order valence-electron chi connectivity index (χ2n) is 3.75. The van der Waals surface area contributed by atoms with E-state index in [0.717, 1.165) is 16.9 Å². The van der Waals surface area contributed by atoms with Crippen molar-refractivity contribution in [1.29, 1.82) is 0 Å². The fraction of sp³-hybridized carbons (Fsp3) is 0.400. The molecule has 0 aromatic carbocycles. The van der Waals surface area contributed by atoms with Crippen LogP contribution in [0, 0.1) is 0 Å². The molecular formula is C10H10ClN3. The summed E-state index contributed by atoms with van der Waals surface area (Å²) in [5.74, 6) is 1.68. The van der Waals surface area contributed by atoms with Gasteiger partial charge in [0.1, 0.15) is 11.3 Å². The average molecular weight is 208 g/mol. The van der Waals surface area contributed by atoms with Crippen molar-refractivity contribution >= 4 is 22.6 Å². The highest BCUT2D eigenvalue weighted by molar-refractivity contribution is 6.33. The van der Waals surface area contributed by atoms with Crippen molar-refractivity contribution in [3.8, 4) is 0 Å². The molecule has 2 aromatic heterocycles. The highest BCUT2D eigenvalue weighted by atomic mass is 35.5. The third kappa shape index (κ3) is 1.12. The molecule has 0 amide bonds. The molecule has 0 radical (unpaired) electrons. The van der Waals surface area contributed by atoms with Crippen LogP contribution in [0.25, 0.3) is 11.0 Å².